The number of methoxy groups -OCH3 is 1. The van der Waals surface area contributed by atoms with E-state index in [1.165, 1.54) is 11.2 Å². The topological polar surface area (TPSA) is 89.2 Å². The van der Waals surface area contributed by atoms with Crippen LogP contribution in [-0.2, 0) is 16.1 Å². The van der Waals surface area contributed by atoms with Crippen LogP contribution in [0, 0.1) is 0 Å². The van der Waals surface area contributed by atoms with Crippen LogP contribution in [0.1, 0.15) is 29.9 Å². The minimum Gasteiger partial charge on any atom is -0.507 e. The van der Waals surface area contributed by atoms with E-state index in [2.05, 4.69) is 0 Å². The quantitative estimate of drug-likeness (QED) is 0.339. The van der Waals surface area contributed by atoms with Crippen LogP contribution in [0.2, 0.25) is 0 Å². The fourth-order valence-electron chi connectivity index (χ4n) is 3.81. The normalized spacial score (nSPS) is 17.6. The highest BCUT2D eigenvalue weighted by atomic mass is 16.5. The number of nitrogens with zero attached hydrogens (tertiary/aromatic N) is 1. The first-order valence-electron chi connectivity index (χ1n) is 10.2. The molecule has 2 heterocycles. The highest BCUT2D eigenvalue weighted by molar-refractivity contribution is 6.46. The monoisotopic (exact) mass is 433 g/mol. The highest BCUT2D eigenvalue weighted by Crippen LogP contribution is 2.41. The Balaban J connectivity index is 1.84. The molecular weight excluding hydrogens is 410 g/mol. The summed E-state index contributed by atoms with van der Waals surface area (Å²) in [5.74, 6) is 0.0424. The molecule has 1 fully saturated rings. The van der Waals surface area contributed by atoms with Gasteiger partial charge in [0.15, 0.2) is 0 Å². The number of hydrogen-bond acceptors (Lipinski definition) is 6. The first-order valence-corrected chi connectivity index (χ1v) is 10.2. The number of amides is 1. The summed E-state index contributed by atoms with van der Waals surface area (Å²) >= 11 is 0. The number of ketones is 1. The minimum absolute atomic E-state index is 0.0142. The number of furan rings is 1. The fraction of sp³-hybridized carbons (Fsp3) is 0.200. The second kappa shape index (κ2) is 9.01. The van der Waals surface area contributed by atoms with E-state index in [1.807, 2.05) is 6.92 Å². The first kappa shape index (κ1) is 21.2. The summed E-state index contributed by atoms with van der Waals surface area (Å²) in [6.45, 7) is 2.43. The largest absolute Gasteiger partial charge is 0.507 e. The van der Waals surface area contributed by atoms with Crippen LogP contribution in [0.15, 0.2) is 76.9 Å². The van der Waals surface area contributed by atoms with Gasteiger partial charge in [0, 0.05) is 5.56 Å². The van der Waals surface area contributed by atoms with E-state index in [-0.39, 0.29) is 17.9 Å². The summed E-state index contributed by atoms with van der Waals surface area (Å²) in [4.78, 5) is 27.5. The average Bonchev–Trinajstić information content (AvgIpc) is 3.41. The zero-order valence-electron chi connectivity index (χ0n) is 17.8. The smallest absolute Gasteiger partial charge is 0.296 e. The van der Waals surface area contributed by atoms with Gasteiger partial charge in [-0.1, -0.05) is 12.1 Å². The molecule has 3 aromatic rings. The molecule has 4 rings (SSSR count). The molecule has 164 valence electrons. The Hall–Kier alpha value is -4.00. The van der Waals surface area contributed by atoms with Crippen LogP contribution >= 0.6 is 0 Å². The summed E-state index contributed by atoms with van der Waals surface area (Å²) in [5.41, 5.74) is 1.07. The number of ether oxygens (including phenoxy) is 2. The molecule has 1 atom stereocenters. The molecule has 0 aliphatic carbocycles. The van der Waals surface area contributed by atoms with Crippen LogP contribution in [0.5, 0.6) is 11.5 Å². The molecule has 2 aromatic carbocycles. The Kier molecular flexibility index (Phi) is 5.98. The molecule has 1 aromatic heterocycles. The predicted octanol–water partition coefficient (Wildman–Crippen LogP) is 4.31. The summed E-state index contributed by atoms with van der Waals surface area (Å²) in [6, 6.07) is 16.5. The van der Waals surface area contributed by atoms with Gasteiger partial charge in [0.25, 0.3) is 11.7 Å². The third-order valence-corrected chi connectivity index (χ3v) is 5.29. The Morgan fingerprint density at radius 1 is 1.06 bits per heavy atom. The van der Waals surface area contributed by atoms with Gasteiger partial charge in [-0.2, -0.15) is 0 Å². The number of hydrogen-bond donors (Lipinski definition) is 1. The maximum Gasteiger partial charge on any atom is 0.296 e. The Bertz CT molecular complexity index is 1150. The second-order valence-corrected chi connectivity index (χ2v) is 7.24. The maximum atomic E-state index is 13.1. The molecule has 32 heavy (non-hydrogen) atoms. The number of aliphatic hydroxyl groups is 1. The van der Waals surface area contributed by atoms with E-state index in [9.17, 15) is 14.7 Å². The van der Waals surface area contributed by atoms with Crippen molar-refractivity contribution in [3.63, 3.8) is 0 Å². The van der Waals surface area contributed by atoms with E-state index in [4.69, 9.17) is 13.9 Å². The van der Waals surface area contributed by atoms with Crippen molar-refractivity contribution in [1.82, 2.24) is 4.90 Å². The van der Waals surface area contributed by atoms with Gasteiger partial charge in [-0.3, -0.25) is 9.59 Å². The third kappa shape index (κ3) is 3.97. The van der Waals surface area contributed by atoms with Crippen LogP contribution in [0.3, 0.4) is 0 Å². The zero-order chi connectivity index (χ0) is 22.7. The lowest BCUT2D eigenvalue weighted by Gasteiger charge is -2.25. The number of rotatable bonds is 7. The van der Waals surface area contributed by atoms with Gasteiger partial charge in [0.1, 0.15) is 23.0 Å². The number of Topliss-reactive ketones (excluding diaryl/α,β-unsaturated/α-hetero) is 1. The van der Waals surface area contributed by atoms with Crippen molar-refractivity contribution in [1.29, 1.82) is 0 Å². The molecule has 1 aliphatic heterocycles. The SMILES string of the molecule is CCOc1cccc(C2/C(=C(\O)c3ccc(OC)cc3)C(=O)C(=O)N2Cc2ccco2)c1. The molecule has 1 amide bonds. The number of carbonyl (C=O) groups is 2. The lowest BCUT2D eigenvalue weighted by molar-refractivity contribution is -0.140. The molecule has 1 aliphatic rings. The average molecular weight is 433 g/mol. The summed E-state index contributed by atoms with van der Waals surface area (Å²) in [7, 11) is 1.54. The van der Waals surface area contributed by atoms with Crippen molar-refractivity contribution < 1.29 is 28.6 Å². The number of aliphatic hydroxyl groups excluding tert-OH is 1. The minimum atomic E-state index is -0.803. The van der Waals surface area contributed by atoms with Crippen molar-refractivity contribution in [2.75, 3.05) is 13.7 Å². The first-order chi connectivity index (χ1) is 15.5. The number of benzene rings is 2. The maximum absolute atomic E-state index is 13.1. The van der Waals surface area contributed by atoms with Crippen molar-refractivity contribution >= 4 is 17.4 Å². The predicted molar refractivity (Wildman–Crippen MR) is 117 cm³/mol. The van der Waals surface area contributed by atoms with Crippen molar-refractivity contribution in [3.8, 4) is 11.5 Å². The van der Waals surface area contributed by atoms with Gasteiger partial charge in [-0.25, -0.2) is 0 Å². The summed E-state index contributed by atoms with van der Waals surface area (Å²) < 4.78 is 16.2. The molecule has 0 bridgehead atoms. The molecule has 1 N–H and O–H groups in total. The van der Waals surface area contributed by atoms with E-state index in [0.29, 0.717) is 35.0 Å². The summed E-state index contributed by atoms with van der Waals surface area (Å²) in [5, 5.41) is 11.1. The van der Waals surface area contributed by atoms with E-state index in [0.717, 1.165) is 0 Å². The highest BCUT2D eigenvalue weighted by Gasteiger charge is 2.46. The van der Waals surface area contributed by atoms with Gasteiger partial charge in [-0.15, -0.1) is 0 Å². The molecular formula is C25H23NO6. The third-order valence-electron chi connectivity index (χ3n) is 5.29. The summed E-state index contributed by atoms with van der Waals surface area (Å²) in [6.07, 6.45) is 1.51. The van der Waals surface area contributed by atoms with Crippen LogP contribution in [0.25, 0.3) is 5.76 Å². The van der Waals surface area contributed by atoms with E-state index in [1.54, 1.807) is 67.8 Å². The van der Waals surface area contributed by atoms with E-state index >= 15 is 0 Å². The lowest BCUT2D eigenvalue weighted by atomic mass is 9.95. The van der Waals surface area contributed by atoms with Gasteiger partial charge < -0.3 is 23.9 Å². The molecule has 0 saturated carbocycles. The van der Waals surface area contributed by atoms with Gasteiger partial charge in [-0.05, 0) is 61.0 Å². The van der Waals surface area contributed by atoms with Crippen molar-refractivity contribution in [2.45, 2.75) is 19.5 Å². The number of carbonyl (C=O) groups excluding carboxylic acids is 2. The second-order valence-electron chi connectivity index (χ2n) is 7.24. The lowest BCUT2D eigenvalue weighted by Crippen LogP contribution is -2.29. The van der Waals surface area contributed by atoms with Crippen LogP contribution in [0.4, 0.5) is 0 Å². The number of likely N-dealkylation sites (tertiary alicyclic amines) is 1. The van der Waals surface area contributed by atoms with Gasteiger partial charge >= 0.3 is 0 Å². The van der Waals surface area contributed by atoms with Crippen molar-refractivity contribution in [2.24, 2.45) is 0 Å². The van der Waals surface area contributed by atoms with Crippen LogP contribution in [-0.4, -0.2) is 35.4 Å². The molecule has 1 unspecified atom stereocenters. The Morgan fingerprint density at radius 2 is 1.84 bits per heavy atom. The zero-order valence-corrected chi connectivity index (χ0v) is 17.8. The van der Waals surface area contributed by atoms with Crippen LogP contribution < -0.4 is 9.47 Å². The molecule has 0 radical (unpaired) electrons. The fourth-order valence-corrected chi connectivity index (χ4v) is 3.81. The Morgan fingerprint density at radius 3 is 2.50 bits per heavy atom. The molecule has 1 saturated heterocycles. The van der Waals surface area contributed by atoms with Gasteiger partial charge in [0.2, 0.25) is 0 Å². The Labute approximate surface area is 185 Å². The van der Waals surface area contributed by atoms with Crippen molar-refractivity contribution in [3.05, 3.63) is 89.4 Å². The molecule has 0 spiro atoms. The van der Waals surface area contributed by atoms with Gasteiger partial charge in [0.05, 0.1) is 38.1 Å². The molecule has 7 nitrogen and oxygen atoms in total. The molecule has 7 heteroatoms. The standard InChI is InChI=1S/C25H23NO6/c1-3-31-19-7-4-6-17(14-19)22-21(23(27)16-9-11-18(30-2)12-10-16)24(28)25(29)26(22)15-20-8-5-13-32-20/h4-14,22,27H,3,15H2,1-2H3/b23-21+. The van der Waals surface area contributed by atoms with E-state index < -0.39 is 17.7 Å².